The molecule has 5 N–H and O–H groups in total. The van der Waals surface area contributed by atoms with E-state index in [4.69, 9.17) is 58.0 Å². The summed E-state index contributed by atoms with van der Waals surface area (Å²) in [6, 6.07) is 20.7. The largest absolute Gasteiger partial charge is 0.505 e. The van der Waals surface area contributed by atoms with Crippen molar-refractivity contribution >= 4 is 178 Å². The monoisotopic (exact) mass is 967 g/mol. The van der Waals surface area contributed by atoms with Crippen molar-refractivity contribution < 1.29 is 23.2 Å². The topological polar surface area (TPSA) is 233 Å². The molecule has 0 saturated heterocycles. The van der Waals surface area contributed by atoms with Gasteiger partial charge in [0.05, 0.1) is 40.5 Å². The number of benzene rings is 6. The van der Waals surface area contributed by atoms with E-state index >= 15 is 0 Å². The summed E-state index contributed by atoms with van der Waals surface area (Å²) in [5.74, 6) is -0.577. The first kappa shape index (κ1) is 40.8. The van der Waals surface area contributed by atoms with Crippen LogP contribution >= 0.6 is 80.7 Å². The first-order chi connectivity index (χ1) is 29.1. The van der Waals surface area contributed by atoms with Gasteiger partial charge in [0.15, 0.2) is 11.5 Å². The minimum Gasteiger partial charge on any atom is -0.505 e. The molecular weight excluding hydrogens is 952 g/mol. The van der Waals surface area contributed by atoms with E-state index in [1.54, 1.807) is 60.7 Å². The number of phenols is 2. The summed E-state index contributed by atoms with van der Waals surface area (Å²) < 4.78 is 36.6. The molecule has 61 heavy (non-hydrogen) atoms. The lowest BCUT2D eigenvalue weighted by Gasteiger charge is -2.12. The number of halogens is 5. The number of aromatic hydroxyl groups is 2. The zero-order valence-electron chi connectivity index (χ0n) is 29.8. The Morgan fingerprint density at radius 2 is 1.08 bits per heavy atom. The summed E-state index contributed by atoms with van der Waals surface area (Å²) in [5.41, 5.74) is 1.74. The van der Waals surface area contributed by atoms with Crippen LogP contribution in [0, 0.1) is 0 Å². The van der Waals surface area contributed by atoms with Crippen LogP contribution in [0.1, 0.15) is 0 Å². The Morgan fingerprint density at radius 3 is 1.66 bits per heavy atom. The minimum absolute atomic E-state index is 0.0117. The smallest absolute Gasteiger partial charge is 0.296 e. The highest BCUT2D eigenvalue weighted by Crippen LogP contribution is 2.44. The maximum Gasteiger partial charge on any atom is 0.296 e. The molecule has 0 spiro atoms. The van der Waals surface area contributed by atoms with E-state index in [2.05, 4.69) is 56.0 Å². The van der Waals surface area contributed by atoms with Gasteiger partial charge in [0.2, 0.25) is 27.4 Å². The SMILES string of the molecule is O=S(=O)(O)c1cc2cc(Nc3nc(Cl)nc(Nc4ccc5c(O)c(N=Nc6nc7cc(Cl)c(Cl)cc7s6)ccc5c4)n3)ccc2c(O)c1N=Nc1nc2cc(Cl)c(Cl)cc2s1. The van der Waals surface area contributed by atoms with E-state index in [-0.39, 0.29) is 49.5 Å². The predicted octanol–water partition coefficient (Wildman–Crippen LogP) is 13.6. The summed E-state index contributed by atoms with van der Waals surface area (Å²) in [6.45, 7) is 0. The van der Waals surface area contributed by atoms with Gasteiger partial charge in [-0.05, 0) is 95.2 Å². The molecule has 0 unspecified atom stereocenters. The average molecular weight is 970 g/mol. The second-order valence-corrected chi connectivity index (χ2v) is 18.1. The highest BCUT2D eigenvalue weighted by atomic mass is 35.5. The zero-order valence-corrected chi connectivity index (χ0v) is 36.0. The molecule has 9 aromatic rings. The molecule has 24 heteroatoms. The van der Waals surface area contributed by atoms with Crippen molar-refractivity contribution in [2.75, 3.05) is 10.6 Å². The molecule has 0 atom stereocenters. The second-order valence-electron chi connectivity index (χ2n) is 12.7. The van der Waals surface area contributed by atoms with Gasteiger partial charge in [0, 0.05) is 22.1 Å². The Balaban J connectivity index is 0.945. The van der Waals surface area contributed by atoms with E-state index in [9.17, 15) is 23.2 Å². The lowest BCUT2D eigenvalue weighted by atomic mass is 10.1. The quantitative estimate of drug-likeness (QED) is 0.0671. The number of aromatic nitrogens is 5. The molecule has 0 aliphatic rings. The summed E-state index contributed by atoms with van der Waals surface area (Å²) in [4.78, 5) is 20.7. The molecule has 0 fully saturated rings. The Labute approximate surface area is 374 Å². The minimum atomic E-state index is -4.92. The van der Waals surface area contributed by atoms with E-state index in [1.165, 1.54) is 23.5 Å². The Morgan fingerprint density at radius 1 is 0.557 bits per heavy atom. The second kappa shape index (κ2) is 16.0. The van der Waals surface area contributed by atoms with Crippen molar-refractivity contribution in [3.63, 3.8) is 0 Å². The molecule has 0 radical (unpaired) electrons. The number of fused-ring (bicyclic) bond motifs is 4. The van der Waals surface area contributed by atoms with Crippen molar-refractivity contribution in [2.24, 2.45) is 20.5 Å². The lowest BCUT2D eigenvalue weighted by Crippen LogP contribution is -2.04. The molecule has 0 saturated carbocycles. The Hall–Kier alpha value is -5.61. The molecule has 3 heterocycles. The van der Waals surface area contributed by atoms with Crippen LogP contribution in [-0.4, -0.2) is 48.1 Å². The number of rotatable bonds is 9. The van der Waals surface area contributed by atoms with Gasteiger partial charge in [0.1, 0.15) is 16.3 Å². The van der Waals surface area contributed by atoms with Crippen molar-refractivity contribution in [1.82, 2.24) is 24.9 Å². The number of nitrogens with one attached hydrogen (secondary N) is 2. The van der Waals surface area contributed by atoms with Gasteiger partial charge in [-0.25, -0.2) is 9.97 Å². The highest BCUT2D eigenvalue weighted by Gasteiger charge is 2.23. The third-order valence-electron chi connectivity index (χ3n) is 8.74. The van der Waals surface area contributed by atoms with Crippen LogP contribution in [0.25, 0.3) is 42.0 Å². The number of anilines is 4. The van der Waals surface area contributed by atoms with Gasteiger partial charge < -0.3 is 20.8 Å². The summed E-state index contributed by atoms with van der Waals surface area (Å²) >= 11 is 33.0. The van der Waals surface area contributed by atoms with Crippen molar-refractivity contribution in [2.45, 2.75) is 4.90 Å². The molecule has 16 nitrogen and oxygen atoms in total. The summed E-state index contributed by atoms with van der Waals surface area (Å²) in [5, 5.41) is 47.9. The van der Waals surface area contributed by atoms with Crippen LogP contribution in [0.15, 0.2) is 104 Å². The van der Waals surface area contributed by atoms with Crippen molar-refractivity contribution in [3.8, 4) is 11.5 Å². The molecule has 0 amide bonds. The lowest BCUT2D eigenvalue weighted by molar-refractivity contribution is 0.472. The molecule has 6 aromatic carbocycles. The molecular formula is C37H18Cl5N11O5S3. The fraction of sp³-hybridized carbons (Fsp3) is 0. The Bertz CT molecular complexity index is 3400. The number of hydrogen-bond acceptors (Lipinski definition) is 17. The number of phenolic OH excluding ortho intramolecular Hbond substituents is 2. The number of nitrogens with zero attached hydrogens (tertiary/aromatic N) is 9. The van der Waals surface area contributed by atoms with E-state index in [0.717, 1.165) is 22.1 Å². The number of azo groups is 2. The fourth-order valence-electron chi connectivity index (χ4n) is 6.00. The van der Waals surface area contributed by atoms with Crippen LogP contribution in [0.2, 0.25) is 25.4 Å². The third kappa shape index (κ3) is 8.39. The van der Waals surface area contributed by atoms with E-state index in [0.29, 0.717) is 58.1 Å². The number of thiazole rings is 2. The normalized spacial score (nSPS) is 12.2. The molecule has 304 valence electrons. The summed E-state index contributed by atoms with van der Waals surface area (Å²) in [6.07, 6.45) is 0. The van der Waals surface area contributed by atoms with E-state index in [1.807, 2.05) is 0 Å². The van der Waals surface area contributed by atoms with Gasteiger partial charge in [-0.15, -0.1) is 20.5 Å². The van der Waals surface area contributed by atoms with Crippen LogP contribution in [-0.2, 0) is 10.1 Å². The van der Waals surface area contributed by atoms with Gasteiger partial charge in [0.25, 0.3) is 10.1 Å². The van der Waals surface area contributed by atoms with Gasteiger partial charge in [-0.1, -0.05) is 75.1 Å². The van der Waals surface area contributed by atoms with Gasteiger partial charge in [-0.3, -0.25) is 4.55 Å². The third-order valence-corrected chi connectivity index (χ3v) is 13.0. The fourth-order valence-corrected chi connectivity index (χ4v) is 9.21. The molecule has 0 aliphatic heterocycles. The molecule has 0 aliphatic carbocycles. The van der Waals surface area contributed by atoms with Crippen LogP contribution in [0.3, 0.4) is 0 Å². The van der Waals surface area contributed by atoms with Crippen LogP contribution < -0.4 is 10.6 Å². The van der Waals surface area contributed by atoms with Crippen molar-refractivity contribution in [1.29, 1.82) is 0 Å². The standard InChI is InChI=1S/C37H18Cl5N11O5S3/c38-20-10-25-27(12-22(20)40)59-36(45-25)52-50-24-6-1-14-7-16(2-4-18(14)31(24)54)43-34-47-33(42)48-35(49-34)44-17-3-5-19-15(8-17)9-29(61(56,57)58)30(32(19)55)51-53-37-46-26-11-21(39)23(41)13-28(26)60-37/h1-13,54-55H,(H,56,57,58)(H2,43,44,47,48,49). The van der Waals surface area contributed by atoms with Crippen LogP contribution in [0.4, 0.5) is 44.9 Å². The molecule has 3 aromatic heterocycles. The van der Waals surface area contributed by atoms with Crippen molar-refractivity contribution in [3.05, 3.63) is 104 Å². The number of hydrogen-bond donors (Lipinski definition) is 5. The van der Waals surface area contributed by atoms with E-state index < -0.39 is 26.5 Å². The first-order valence-corrected chi connectivity index (χ1v) is 21.9. The predicted molar refractivity (Wildman–Crippen MR) is 240 cm³/mol. The highest BCUT2D eigenvalue weighted by molar-refractivity contribution is 7.86. The maximum absolute atomic E-state index is 12.5. The zero-order chi connectivity index (χ0) is 42.7. The van der Waals surface area contributed by atoms with Crippen LogP contribution in [0.5, 0.6) is 11.5 Å². The summed E-state index contributed by atoms with van der Waals surface area (Å²) in [7, 11) is -4.92. The molecule has 0 bridgehead atoms. The Kier molecular flexibility index (Phi) is 10.7. The maximum atomic E-state index is 12.5. The van der Waals surface area contributed by atoms with Gasteiger partial charge >= 0.3 is 0 Å². The van der Waals surface area contributed by atoms with Gasteiger partial charge in [-0.2, -0.15) is 23.4 Å². The first-order valence-electron chi connectivity index (χ1n) is 17.0. The average Bonchev–Trinajstić information content (AvgIpc) is 3.79. The molecule has 9 rings (SSSR count).